The van der Waals surface area contributed by atoms with Gasteiger partial charge < -0.3 is 0 Å². The molecule has 8 heteroatoms. The van der Waals surface area contributed by atoms with Crippen LogP contribution < -0.4 is 5.32 Å². The Kier molecular flexibility index (Phi) is 5.22. The van der Waals surface area contributed by atoms with Gasteiger partial charge in [0.15, 0.2) is 14.6 Å². The van der Waals surface area contributed by atoms with Crippen molar-refractivity contribution in [2.24, 2.45) is 0 Å². The van der Waals surface area contributed by atoms with Gasteiger partial charge in [0.1, 0.15) is 0 Å². The van der Waals surface area contributed by atoms with Crippen LogP contribution in [0.5, 0.6) is 0 Å². The maximum Gasteiger partial charge on any atom is 0.252 e. The number of rotatable bonds is 3. The summed E-state index contributed by atoms with van der Waals surface area (Å²) in [6, 6.07) is 13.1. The topological polar surface area (TPSA) is 80.3 Å². The molecule has 3 rings (SSSR count). The number of carbonyl (C=O) groups excluding carboxylic acids is 2. The number of sulfone groups is 1. The van der Waals surface area contributed by atoms with Crippen molar-refractivity contribution in [2.75, 3.05) is 0 Å². The highest BCUT2D eigenvalue weighted by atomic mass is 127. The Morgan fingerprint density at radius 2 is 1.40 bits per heavy atom. The van der Waals surface area contributed by atoms with Crippen molar-refractivity contribution in [1.29, 1.82) is 0 Å². The molecule has 0 aromatic heterocycles. The number of carbonyl (C=O) groups is 2. The van der Waals surface area contributed by atoms with Crippen LogP contribution in [-0.2, 0) is 24.2 Å². The molecule has 2 aromatic carbocycles. The van der Waals surface area contributed by atoms with Gasteiger partial charge in [-0.25, -0.2) is 8.42 Å². The number of nitrogens with one attached hydrogen (secondary N) is 1. The molecule has 5 nitrogen and oxygen atoms in total. The molecule has 1 aliphatic rings. The summed E-state index contributed by atoms with van der Waals surface area (Å²) < 4.78 is 26.9. The predicted octanol–water partition coefficient (Wildman–Crippen LogP) is 3.00. The van der Waals surface area contributed by atoms with Crippen molar-refractivity contribution in [2.45, 2.75) is 22.5 Å². The van der Waals surface area contributed by atoms with Crippen molar-refractivity contribution >= 4 is 66.8 Å². The molecule has 0 bridgehead atoms. The summed E-state index contributed by atoms with van der Waals surface area (Å²) in [5, 5.41) is 2.21. The van der Waals surface area contributed by atoms with Crippen molar-refractivity contribution < 1.29 is 18.0 Å². The van der Waals surface area contributed by atoms with Crippen LogP contribution in [0.4, 0.5) is 0 Å². The molecule has 0 aliphatic carbocycles. The summed E-state index contributed by atoms with van der Waals surface area (Å²) in [6.07, 6.45) is -0.103. The van der Waals surface area contributed by atoms with Crippen LogP contribution in [-0.4, -0.2) is 20.2 Å². The fourth-order valence-corrected chi connectivity index (χ4v) is 5.64. The van der Waals surface area contributed by atoms with Crippen molar-refractivity contribution in [3.05, 3.63) is 61.2 Å². The maximum absolute atomic E-state index is 13.4. The molecule has 25 heavy (non-hydrogen) atoms. The van der Waals surface area contributed by atoms with Gasteiger partial charge >= 0.3 is 0 Å². The predicted molar refractivity (Wildman–Crippen MR) is 110 cm³/mol. The van der Waals surface area contributed by atoms with E-state index < -0.39 is 26.4 Å². The number of halogens is 2. The first kappa shape index (κ1) is 18.8. The Bertz CT molecular complexity index is 940. The zero-order chi connectivity index (χ0) is 18.2. The van der Waals surface area contributed by atoms with E-state index >= 15 is 0 Å². The molecule has 0 spiro atoms. The summed E-state index contributed by atoms with van der Waals surface area (Å²) in [7, 11) is -4.05. The van der Waals surface area contributed by atoms with Gasteiger partial charge in [0.25, 0.3) is 5.91 Å². The molecule has 1 fully saturated rings. The SMILES string of the molecule is O=C1CCC(c2ccc(I)cc2)(S(=O)(=O)c2ccc(I)cc2)C(=O)N1. The van der Waals surface area contributed by atoms with E-state index in [1.165, 1.54) is 12.1 Å². The van der Waals surface area contributed by atoms with Gasteiger partial charge in [-0.15, -0.1) is 0 Å². The zero-order valence-electron chi connectivity index (χ0n) is 12.8. The monoisotopic (exact) mass is 581 g/mol. The molecule has 130 valence electrons. The molecule has 1 atom stereocenters. The Morgan fingerprint density at radius 1 is 0.880 bits per heavy atom. The van der Waals surface area contributed by atoms with Crippen LogP contribution in [0.15, 0.2) is 53.4 Å². The van der Waals surface area contributed by atoms with Gasteiger partial charge in [-0.2, -0.15) is 0 Å². The Labute approximate surface area is 172 Å². The first-order valence-electron chi connectivity index (χ1n) is 7.38. The summed E-state index contributed by atoms with van der Waals surface area (Å²) in [4.78, 5) is 24.5. The fourth-order valence-electron chi connectivity index (χ4n) is 2.91. The molecule has 1 heterocycles. The second-order valence-corrected chi connectivity index (χ2v) is 10.3. The average molecular weight is 581 g/mol. The molecular weight excluding hydrogens is 568 g/mol. The van der Waals surface area contributed by atoms with E-state index in [0.717, 1.165) is 7.14 Å². The highest BCUT2D eigenvalue weighted by molar-refractivity contribution is 14.1. The molecule has 1 unspecified atom stereocenters. The third-order valence-corrected chi connectivity index (χ3v) is 8.09. The molecule has 2 aromatic rings. The van der Waals surface area contributed by atoms with Crippen LogP contribution in [0.3, 0.4) is 0 Å². The first-order chi connectivity index (χ1) is 11.8. The Hall–Kier alpha value is -1.01. The lowest BCUT2D eigenvalue weighted by Gasteiger charge is -2.35. The fraction of sp³-hybridized carbons (Fsp3) is 0.176. The molecule has 0 radical (unpaired) electrons. The highest BCUT2D eigenvalue weighted by Crippen LogP contribution is 2.42. The maximum atomic E-state index is 13.4. The van der Waals surface area contributed by atoms with E-state index in [0.29, 0.717) is 5.56 Å². The first-order valence-corrected chi connectivity index (χ1v) is 11.0. The number of imide groups is 1. The van der Waals surface area contributed by atoms with Crippen molar-refractivity contribution in [3.63, 3.8) is 0 Å². The number of hydrogen-bond acceptors (Lipinski definition) is 4. The highest BCUT2D eigenvalue weighted by Gasteiger charge is 2.55. The van der Waals surface area contributed by atoms with E-state index in [4.69, 9.17) is 0 Å². The van der Waals surface area contributed by atoms with Gasteiger partial charge in [-0.3, -0.25) is 14.9 Å². The van der Waals surface area contributed by atoms with Crippen LogP contribution in [0, 0.1) is 7.14 Å². The summed E-state index contributed by atoms with van der Waals surface area (Å²) in [5.74, 6) is -1.24. The lowest BCUT2D eigenvalue weighted by molar-refractivity contribution is -0.135. The minimum atomic E-state index is -4.05. The average Bonchev–Trinajstić information content (AvgIpc) is 2.56. The standard InChI is InChI=1S/C17H13I2NO4S/c18-12-3-1-11(2-4-12)17(10-9-15(21)20-16(17)22)25(23,24)14-7-5-13(19)6-8-14/h1-8H,9-10H2,(H,20,21,22). The third-order valence-electron chi connectivity index (χ3n) is 4.22. The van der Waals surface area contributed by atoms with Crippen molar-refractivity contribution in [1.82, 2.24) is 5.32 Å². The van der Waals surface area contributed by atoms with Gasteiger partial charge in [-0.05, 0) is 93.6 Å². The van der Waals surface area contributed by atoms with E-state index in [9.17, 15) is 18.0 Å². The molecule has 1 saturated heterocycles. The molecular formula is C17H13I2NO4S. The normalized spacial score (nSPS) is 21.0. The van der Waals surface area contributed by atoms with Crippen LogP contribution in [0.2, 0.25) is 0 Å². The Morgan fingerprint density at radius 3 is 1.92 bits per heavy atom. The number of benzene rings is 2. The minimum absolute atomic E-state index is 0.0265. The minimum Gasteiger partial charge on any atom is -0.295 e. The lowest BCUT2D eigenvalue weighted by atomic mass is 9.89. The zero-order valence-corrected chi connectivity index (χ0v) is 18.0. The Balaban J connectivity index is 2.24. The van der Waals surface area contributed by atoms with E-state index in [2.05, 4.69) is 50.5 Å². The van der Waals surface area contributed by atoms with Crippen LogP contribution in [0.1, 0.15) is 18.4 Å². The second-order valence-electron chi connectivity index (χ2n) is 5.67. The quantitative estimate of drug-likeness (QED) is 0.447. The third kappa shape index (κ3) is 3.23. The van der Waals surface area contributed by atoms with Gasteiger partial charge in [0.2, 0.25) is 5.91 Å². The van der Waals surface area contributed by atoms with Gasteiger partial charge in [0, 0.05) is 13.6 Å². The summed E-state index contributed by atoms with van der Waals surface area (Å²) in [5.41, 5.74) is 0.372. The van der Waals surface area contributed by atoms with Crippen LogP contribution >= 0.6 is 45.2 Å². The van der Waals surface area contributed by atoms with E-state index in [1.54, 1.807) is 36.4 Å². The smallest absolute Gasteiger partial charge is 0.252 e. The van der Waals surface area contributed by atoms with E-state index in [-0.39, 0.29) is 17.7 Å². The summed E-state index contributed by atoms with van der Waals surface area (Å²) >= 11 is 4.20. The largest absolute Gasteiger partial charge is 0.295 e. The van der Waals surface area contributed by atoms with Gasteiger partial charge in [0.05, 0.1) is 4.90 Å². The molecule has 1 aliphatic heterocycles. The second kappa shape index (κ2) is 6.95. The summed E-state index contributed by atoms with van der Waals surface area (Å²) in [6.45, 7) is 0. The number of amides is 2. The van der Waals surface area contributed by atoms with Crippen LogP contribution in [0.25, 0.3) is 0 Å². The molecule has 0 saturated carbocycles. The van der Waals surface area contributed by atoms with Gasteiger partial charge in [-0.1, -0.05) is 12.1 Å². The lowest BCUT2D eigenvalue weighted by Crippen LogP contribution is -2.55. The number of piperidine rings is 1. The molecule has 2 amide bonds. The molecule has 1 N–H and O–H groups in total. The number of hydrogen-bond donors (Lipinski definition) is 1. The van der Waals surface area contributed by atoms with E-state index in [1.807, 2.05) is 0 Å². The van der Waals surface area contributed by atoms with Crippen molar-refractivity contribution in [3.8, 4) is 0 Å².